The van der Waals surface area contributed by atoms with Gasteiger partial charge in [-0.25, -0.2) is 0 Å². The SMILES string of the molecule is [Co].[O]=[Cu].[Rh]. The van der Waals surface area contributed by atoms with Crippen molar-refractivity contribution in [1.82, 2.24) is 0 Å². The van der Waals surface area contributed by atoms with Gasteiger partial charge in [0.2, 0.25) is 0 Å². The predicted molar refractivity (Wildman–Crippen MR) is 0.686 cm³/mol. The second-order valence-electron chi connectivity index (χ2n) is 0. The quantitative estimate of drug-likeness (QED) is 0.540. The van der Waals surface area contributed by atoms with E-state index in [0.29, 0.717) is 0 Å². The van der Waals surface area contributed by atoms with Gasteiger partial charge >= 0.3 is 19.8 Å². The largest absolute Gasteiger partial charge is 0 e. The molecule has 0 aromatic heterocycles. The second kappa shape index (κ2) is 25.2. The van der Waals surface area contributed by atoms with Gasteiger partial charge in [0.15, 0.2) is 0 Å². The summed E-state index contributed by atoms with van der Waals surface area (Å²) in [6.45, 7) is 0. The van der Waals surface area contributed by atoms with E-state index >= 15 is 0 Å². The molecule has 35 valence electrons. The van der Waals surface area contributed by atoms with Gasteiger partial charge in [0.05, 0.1) is 0 Å². The molecule has 0 fully saturated rings. The molecule has 4 heavy (non-hydrogen) atoms. The Morgan fingerprint density at radius 1 is 1.25 bits per heavy atom. The third kappa shape index (κ3) is 9.85. The normalized spacial score (nSPS) is 1.50. The van der Waals surface area contributed by atoms with E-state index < -0.39 is 0 Å². The van der Waals surface area contributed by atoms with E-state index in [0.717, 1.165) is 0 Å². The molecule has 0 unspecified atom stereocenters. The Hall–Kier alpha value is 1.45. The van der Waals surface area contributed by atoms with Crippen LogP contribution in [0.5, 0.6) is 0 Å². The Morgan fingerprint density at radius 3 is 1.25 bits per heavy atom. The van der Waals surface area contributed by atoms with Crippen molar-refractivity contribution in [3.8, 4) is 0 Å². The third-order valence-electron chi connectivity index (χ3n) is 0. The molecule has 0 aromatic carbocycles. The van der Waals surface area contributed by atoms with Crippen LogP contribution in [0, 0.1) is 0 Å². The van der Waals surface area contributed by atoms with Gasteiger partial charge < -0.3 is 0 Å². The summed E-state index contributed by atoms with van der Waals surface area (Å²) in [5.41, 5.74) is 0. The van der Waals surface area contributed by atoms with Crippen molar-refractivity contribution in [2.75, 3.05) is 0 Å². The molecule has 0 heterocycles. The zero-order valence-corrected chi connectivity index (χ0v) is 5.00. The zero-order chi connectivity index (χ0) is 2.00. The number of hydrogen-bond donors (Lipinski definition) is 0. The average Bonchev–Trinajstić information content (AvgIpc) is 1.00. The molecule has 0 amide bonds. The van der Waals surface area contributed by atoms with E-state index in [2.05, 4.69) is 15.9 Å². The first-order valence-electron chi connectivity index (χ1n) is 0.123. The molecular weight excluding hydrogens is 241 g/mol. The van der Waals surface area contributed by atoms with E-state index in [9.17, 15) is 0 Å². The first kappa shape index (κ1) is 18.0. The fraction of sp³-hybridized carbons (Fsp3) is 0. The number of hydrogen-bond acceptors (Lipinski definition) is 1. The monoisotopic (exact) mass is 241 g/mol. The number of rotatable bonds is 0. The van der Waals surface area contributed by atoms with Crippen molar-refractivity contribution >= 4 is 0 Å². The van der Waals surface area contributed by atoms with Crippen LogP contribution in [-0.4, -0.2) is 0 Å². The Bertz CT molecular complexity index is 8.00. The van der Waals surface area contributed by atoms with Crippen molar-refractivity contribution < 1.29 is 56.0 Å². The van der Waals surface area contributed by atoms with Gasteiger partial charge in [0, 0.05) is 36.3 Å². The molecular formula is CoCuORh. The minimum absolute atomic E-state index is 0. The van der Waals surface area contributed by atoms with Gasteiger partial charge in [0.25, 0.3) is 0 Å². The molecule has 0 spiro atoms. The van der Waals surface area contributed by atoms with Crippen molar-refractivity contribution in [3.63, 3.8) is 0 Å². The first-order chi connectivity index (χ1) is 1.00. The average molecular weight is 241 g/mol. The van der Waals surface area contributed by atoms with E-state index in [4.69, 9.17) is 3.83 Å². The second-order valence-corrected chi connectivity index (χ2v) is 0. The van der Waals surface area contributed by atoms with Crippen molar-refractivity contribution in [2.24, 2.45) is 0 Å². The minimum Gasteiger partial charge on any atom is 0 e. The van der Waals surface area contributed by atoms with Crippen LogP contribution in [0.15, 0.2) is 0 Å². The van der Waals surface area contributed by atoms with E-state index in [1.54, 1.807) is 0 Å². The fourth-order valence-corrected chi connectivity index (χ4v) is 0. The molecule has 2 radical (unpaired) electrons. The summed E-state index contributed by atoms with van der Waals surface area (Å²) >= 11 is 2.94. The molecule has 0 rings (SSSR count). The maximum absolute atomic E-state index is 7.81. The van der Waals surface area contributed by atoms with Gasteiger partial charge in [-0.05, 0) is 0 Å². The molecule has 0 saturated heterocycles. The van der Waals surface area contributed by atoms with Gasteiger partial charge in [-0.1, -0.05) is 0 Å². The summed E-state index contributed by atoms with van der Waals surface area (Å²) in [6, 6.07) is 0. The maximum atomic E-state index is 7.81. The van der Waals surface area contributed by atoms with Crippen LogP contribution < -0.4 is 0 Å². The molecule has 0 N–H and O–H groups in total. The van der Waals surface area contributed by atoms with Gasteiger partial charge in [-0.2, -0.15) is 0 Å². The fourth-order valence-electron chi connectivity index (χ4n) is 0. The smallest absolute Gasteiger partial charge is 0 e. The van der Waals surface area contributed by atoms with Crippen molar-refractivity contribution in [3.05, 3.63) is 0 Å². The zero-order valence-electron chi connectivity index (χ0n) is 1.38. The van der Waals surface area contributed by atoms with Crippen LogP contribution in [0.4, 0.5) is 0 Å². The molecule has 1 nitrogen and oxygen atoms in total. The Kier molecular flexibility index (Phi) is 113. The van der Waals surface area contributed by atoms with E-state index in [-0.39, 0.29) is 36.3 Å². The summed E-state index contributed by atoms with van der Waals surface area (Å²) in [5, 5.41) is 0. The van der Waals surface area contributed by atoms with Crippen LogP contribution in [0.1, 0.15) is 0 Å². The molecule has 0 saturated carbocycles. The molecule has 0 aromatic rings. The van der Waals surface area contributed by atoms with Crippen LogP contribution in [0.25, 0.3) is 0 Å². The van der Waals surface area contributed by atoms with Crippen molar-refractivity contribution in [2.45, 2.75) is 0 Å². The predicted octanol–water partition coefficient (Wildman–Crippen LogP) is -0.126. The van der Waals surface area contributed by atoms with E-state index in [1.165, 1.54) is 0 Å². The summed E-state index contributed by atoms with van der Waals surface area (Å²) in [6.07, 6.45) is 0. The summed E-state index contributed by atoms with van der Waals surface area (Å²) in [7, 11) is 0. The summed E-state index contributed by atoms with van der Waals surface area (Å²) in [4.78, 5) is 0. The molecule has 0 bridgehead atoms. The van der Waals surface area contributed by atoms with Gasteiger partial charge in [0.1, 0.15) is 0 Å². The molecule has 4 heteroatoms. The standard InChI is InChI=1S/Co.Cu.O.Rh. The minimum atomic E-state index is 0. The Labute approximate surface area is 55.9 Å². The van der Waals surface area contributed by atoms with Gasteiger partial charge in [-0.3, -0.25) is 0 Å². The van der Waals surface area contributed by atoms with Gasteiger partial charge in [-0.15, -0.1) is 0 Å². The maximum Gasteiger partial charge on any atom is 0 e. The molecule has 0 aliphatic carbocycles. The molecule has 0 aliphatic rings. The van der Waals surface area contributed by atoms with Crippen LogP contribution >= 0.6 is 0 Å². The molecule has 0 atom stereocenters. The van der Waals surface area contributed by atoms with Crippen LogP contribution in [0.2, 0.25) is 0 Å². The third-order valence-corrected chi connectivity index (χ3v) is 0. The Balaban J connectivity index is -0.00000000500. The van der Waals surface area contributed by atoms with Crippen LogP contribution in [0.3, 0.4) is 0 Å². The first-order valence-corrected chi connectivity index (χ1v) is 0.508. The van der Waals surface area contributed by atoms with E-state index in [1.807, 2.05) is 0 Å². The topological polar surface area (TPSA) is 17.1 Å². The van der Waals surface area contributed by atoms with Crippen LogP contribution in [-0.2, 0) is 56.0 Å². The molecule has 0 aliphatic heterocycles. The summed E-state index contributed by atoms with van der Waals surface area (Å²) < 4.78 is 7.81. The van der Waals surface area contributed by atoms with Crippen molar-refractivity contribution in [1.29, 1.82) is 0 Å². The summed E-state index contributed by atoms with van der Waals surface area (Å²) in [5.74, 6) is 0. The Morgan fingerprint density at radius 2 is 1.25 bits per heavy atom.